The van der Waals surface area contributed by atoms with E-state index in [9.17, 15) is 0 Å². The number of nitrogens with two attached hydrogens (primary N) is 1. The van der Waals surface area contributed by atoms with Crippen LogP contribution in [0.2, 0.25) is 0 Å². The lowest BCUT2D eigenvalue weighted by Gasteiger charge is -2.23. The van der Waals surface area contributed by atoms with Gasteiger partial charge in [-0.3, -0.25) is 5.41 Å². The molecule has 4 heteroatoms. The molecule has 3 N–H and O–H groups in total. The van der Waals surface area contributed by atoms with Crippen LogP contribution in [0.15, 0.2) is 0 Å². The van der Waals surface area contributed by atoms with Gasteiger partial charge in [0, 0.05) is 5.75 Å². The zero-order valence-corrected chi connectivity index (χ0v) is 9.24. The normalized spacial score (nSPS) is 29.9. The Hall–Kier alpha value is -0.220. The molecule has 0 bridgehead atoms. The molecule has 0 aromatic heterocycles. The molecule has 80 valence electrons. The Morgan fingerprint density at radius 2 is 2.14 bits per heavy atom. The molecule has 2 aliphatic rings. The maximum absolute atomic E-state index is 7.14. The van der Waals surface area contributed by atoms with Crippen molar-refractivity contribution in [3.8, 4) is 0 Å². The highest BCUT2D eigenvalue weighted by Gasteiger charge is 2.41. The minimum absolute atomic E-state index is 0.209. The number of hydrogen-bond donors (Lipinski definition) is 2. The highest BCUT2D eigenvalue weighted by molar-refractivity contribution is 8.13. The Kier molecular flexibility index (Phi) is 3.02. The molecule has 1 spiro atoms. The largest absolute Gasteiger partial charge is 0.379 e. The number of hydrogen-bond acceptors (Lipinski definition) is 3. The van der Waals surface area contributed by atoms with Crippen LogP contribution in [-0.4, -0.2) is 22.6 Å². The first-order chi connectivity index (χ1) is 6.70. The Labute approximate surface area is 89.3 Å². The lowest BCUT2D eigenvalue weighted by Crippen LogP contribution is -2.26. The standard InChI is InChI=1S/C10H18N2OS/c11-9(12)14-7-8-3-6-10(13-8)4-1-2-5-10/h8H,1-7H2,(H3,11,12). The number of rotatable bonds is 2. The third-order valence-electron chi connectivity index (χ3n) is 3.28. The average molecular weight is 214 g/mol. The van der Waals surface area contributed by atoms with Gasteiger partial charge in [-0.05, 0) is 25.7 Å². The van der Waals surface area contributed by atoms with Crippen LogP contribution < -0.4 is 5.73 Å². The van der Waals surface area contributed by atoms with Gasteiger partial charge in [0.15, 0.2) is 5.17 Å². The van der Waals surface area contributed by atoms with Crippen molar-refractivity contribution in [1.29, 1.82) is 5.41 Å². The van der Waals surface area contributed by atoms with Gasteiger partial charge in [0.05, 0.1) is 11.7 Å². The van der Waals surface area contributed by atoms with Crippen molar-refractivity contribution in [2.45, 2.75) is 50.2 Å². The molecule has 1 aliphatic carbocycles. The van der Waals surface area contributed by atoms with Crippen molar-refractivity contribution in [1.82, 2.24) is 0 Å². The lowest BCUT2D eigenvalue weighted by molar-refractivity contribution is -0.0267. The summed E-state index contributed by atoms with van der Waals surface area (Å²) in [6, 6.07) is 0. The zero-order chi connectivity index (χ0) is 10.0. The topological polar surface area (TPSA) is 59.1 Å². The SMILES string of the molecule is N=C(N)SCC1CCC2(CCCC2)O1. The molecular formula is C10H18N2OS. The molecular weight excluding hydrogens is 196 g/mol. The van der Waals surface area contributed by atoms with Gasteiger partial charge < -0.3 is 10.5 Å². The van der Waals surface area contributed by atoms with Crippen molar-refractivity contribution in [3.63, 3.8) is 0 Å². The Morgan fingerprint density at radius 1 is 1.43 bits per heavy atom. The van der Waals surface area contributed by atoms with Gasteiger partial charge in [0.1, 0.15) is 0 Å². The third-order valence-corrected chi connectivity index (χ3v) is 4.13. The second-order valence-corrected chi connectivity index (χ2v) is 5.41. The van der Waals surface area contributed by atoms with Gasteiger partial charge in [-0.15, -0.1) is 0 Å². The van der Waals surface area contributed by atoms with E-state index in [0.717, 1.165) is 12.2 Å². The predicted molar refractivity (Wildman–Crippen MR) is 59.7 cm³/mol. The summed E-state index contributed by atoms with van der Waals surface area (Å²) in [7, 11) is 0. The molecule has 14 heavy (non-hydrogen) atoms. The van der Waals surface area contributed by atoms with Gasteiger partial charge in [-0.25, -0.2) is 0 Å². The third kappa shape index (κ3) is 2.23. The summed E-state index contributed by atoms with van der Waals surface area (Å²) in [5.74, 6) is 0.858. The fraction of sp³-hybridized carbons (Fsp3) is 0.900. The molecule has 1 saturated heterocycles. The zero-order valence-electron chi connectivity index (χ0n) is 8.42. The van der Waals surface area contributed by atoms with Gasteiger partial charge in [-0.2, -0.15) is 0 Å². The minimum atomic E-state index is 0.209. The van der Waals surface area contributed by atoms with E-state index in [4.69, 9.17) is 15.9 Å². The molecule has 0 aromatic rings. The van der Waals surface area contributed by atoms with Crippen molar-refractivity contribution in [2.75, 3.05) is 5.75 Å². The van der Waals surface area contributed by atoms with Crippen LogP contribution in [0.5, 0.6) is 0 Å². The molecule has 1 heterocycles. The van der Waals surface area contributed by atoms with E-state index >= 15 is 0 Å². The first kappa shape index (κ1) is 10.3. The van der Waals surface area contributed by atoms with Crippen LogP contribution in [0.25, 0.3) is 0 Å². The van der Waals surface area contributed by atoms with Crippen molar-refractivity contribution >= 4 is 16.9 Å². The van der Waals surface area contributed by atoms with Gasteiger partial charge in [0.2, 0.25) is 0 Å². The van der Waals surface area contributed by atoms with Crippen LogP contribution in [0.3, 0.4) is 0 Å². The molecule has 1 saturated carbocycles. The molecule has 2 fully saturated rings. The predicted octanol–water partition coefficient (Wildman–Crippen LogP) is 2.10. The minimum Gasteiger partial charge on any atom is -0.379 e. The average Bonchev–Trinajstić information content (AvgIpc) is 2.74. The van der Waals surface area contributed by atoms with Gasteiger partial charge in [0.25, 0.3) is 0 Å². The van der Waals surface area contributed by atoms with Crippen molar-refractivity contribution in [2.24, 2.45) is 5.73 Å². The van der Waals surface area contributed by atoms with Crippen LogP contribution >= 0.6 is 11.8 Å². The summed E-state index contributed by atoms with van der Waals surface area (Å²) >= 11 is 1.41. The summed E-state index contributed by atoms with van der Waals surface area (Å²) in [6.45, 7) is 0. The van der Waals surface area contributed by atoms with Crippen LogP contribution in [0, 0.1) is 5.41 Å². The fourth-order valence-electron chi connectivity index (χ4n) is 2.58. The van der Waals surface area contributed by atoms with Crippen LogP contribution in [-0.2, 0) is 4.74 Å². The number of nitrogens with one attached hydrogen (secondary N) is 1. The Balaban J connectivity index is 1.79. The van der Waals surface area contributed by atoms with Crippen LogP contribution in [0.1, 0.15) is 38.5 Å². The lowest BCUT2D eigenvalue weighted by atomic mass is 9.98. The van der Waals surface area contributed by atoms with Crippen molar-refractivity contribution in [3.05, 3.63) is 0 Å². The highest BCUT2D eigenvalue weighted by Crippen LogP contribution is 2.43. The Bertz CT molecular complexity index is 226. The molecule has 0 aromatic carbocycles. The van der Waals surface area contributed by atoms with E-state index in [2.05, 4.69) is 0 Å². The summed E-state index contributed by atoms with van der Waals surface area (Å²) in [6.07, 6.45) is 7.85. The Morgan fingerprint density at radius 3 is 2.79 bits per heavy atom. The molecule has 2 rings (SSSR count). The highest BCUT2D eigenvalue weighted by atomic mass is 32.2. The summed E-state index contributed by atoms with van der Waals surface area (Å²) in [5, 5.41) is 7.35. The summed E-state index contributed by atoms with van der Waals surface area (Å²) in [5.41, 5.74) is 5.53. The smallest absolute Gasteiger partial charge is 0.151 e. The number of amidine groups is 1. The fourth-order valence-corrected chi connectivity index (χ4v) is 3.18. The summed E-state index contributed by atoms with van der Waals surface area (Å²) in [4.78, 5) is 0. The first-order valence-electron chi connectivity index (χ1n) is 5.35. The van der Waals surface area contributed by atoms with Crippen molar-refractivity contribution < 1.29 is 4.74 Å². The van der Waals surface area contributed by atoms with E-state index in [1.165, 1.54) is 43.9 Å². The molecule has 0 amide bonds. The summed E-state index contributed by atoms with van der Waals surface area (Å²) < 4.78 is 6.09. The maximum atomic E-state index is 7.14. The van der Waals surface area contributed by atoms with Gasteiger partial charge in [-0.1, -0.05) is 24.6 Å². The number of thioether (sulfide) groups is 1. The van der Waals surface area contributed by atoms with Crippen LogP contribution in [0.4, 0.5) is 0 Å². The maximum Gasteiger partial charge on any atom is 0.151 e. The van der Waals surface area contributed by atoms with E-state index < -0.39 is 0 Å². The van der Waals surface area contributed by atoms with E-state index in [-0.39, 0.29) is 10.8 Å². The monoisotopic (exact) mass is 214 g/mol. The number of ether oxygens (including phenoxy) is 1. The molecule has 1 atom stereocenters. The van der Waals surface area contributed by atoms with Gasteiger partial charge >= 0.3 is 0 Å². The quantitative estimate of drug-likeness (QED) is 0.546. The van der Waals surface area contributed by atoms with E-state index in [0.29, 0.717) is 6.10 Å². The molecule has 1 unspecified atom stereocenters. The second-order valence-electron chi connectivity index (χ2n) is 4.34. The first-order valence-corrected chi connectivity index (χ1v) is 6.33. The van der Waals surface area contributed by atoms with E-state index in [1.54, 1.807) is 0 Å². The molecule has 0 radical (unpaired) electrons. The molecule has 1 aliphatic heterocycles. The second kappa shape index (κ2) is 4.11. The molecule has 3 nitrogen and oxygen atoms in total. The van der Waals surface area contributed by atoms with E-state index in [1.807, 2.05) is 0 Å².